The summed E-state index contributed by atoms with van der Waals surface area (Å²) in [6, 6.07) is 3.22. The molecule has 0 aliphatic rings. The number of aromatic nitrogens is 2. The molecule has 8 heteroatoms. The molecule has 1 heterocycles. The first-order chi connectivity index (χ1) is 8.99. The van der Waals surface area contributed by atoms with Gasteiger partial charge in [-0.25, -0.2) is 22.5 Å². The molecule has 19 heavy (non-hydrogen) atoms. The van der Waals surface area contributed by atoms with Gasteiger partial charge in [0, 0.05) is 25.4 Å². The normalized spacial score (nSPS) is 11.6. The molecule has 102 valence electrons. The topological polar surface area (TPSA) is 101 Å². The fourth-order valence-corrected chi connectivity index (χ4v) is 2.73. The van der Waals surface area contributed by atoms with Crippen LogP contribution in [0.25, 0.3) is 0 Å². The van der Waals surface area contributed by atoms with Crippen molar-refractivity contribution in [3.8, 4) is 0 Å². The molecule has 0 unspecified atom stereocenters. The summed E-state index contributed by atoms with van der Waals surface area (Å²) < 4.78 is 39.3. The van der Waals surface area contributed by atoms with Gasteiger partial charge in [0.25, 0.3) is 0 Å². The molecule has 0 saturated heterocycles. The minimum absolute atomic E-state index is 0.00639. The molecule has 0 saturated carbocycles. The molecule has 0 aliphatic heterocycles. The number of nitrogens with one attached hydrogen (secondary N) is 2. The maximum atomic E-state index is 13.1. The summed E-state index contributed by atoms with van der Waals surface area (Å²) in [5.41, 5.74) is 5.54. The van der Waals surface area contributed by atoms with E-state index in [1.807, 2.05) is 0 Å². The number of nitrogen functional groups attached to an aromatic ring is 1. The maximum absolute atomic E-state index is 13.1. The van der Waals surface area contributed by atoms with Crippen LogP contribution >= 0.6 is 0 Å². The van der Waals surface area contributed by atoms with Crippen LogP contribution in [0.15, 0.2) is 35.5 Å². The van der Waals surface area contributed by atoms with Crippen LogP contribution in [-0.2, 0) is 16.4 Å². The molecule has 0 atom stereocenters. The van der Waals surface area contributed by atoms with Crippen molar-refractivity contribution in [3.63, 3.8) is 0 Å². The van der Waals surface area contributed by atoms with E-state index in [1.165, 1.54) is 6.07 Å². The summed E-state index contributed by atoms with van der Waals surface area (Å²) in [4.78, 5) is 6.56. The number of halogens is 1. The van der Waals surface area contributed by atoms with Crippen LogP contribution in [0.1, 0.15) is 5.82 Å². The number of rotatable bonds is 5. The average Bonchev–Trinajstić information content (AvgIpc) is 2.85. The molecule has 0 amide bonds. The van der Waals surface area contributed by atoms with Crippen molar-refractivity contribution in [3.05, 3.63) is 42.2 Å². The zero-order valence-electron chi connectivity index (χ0n) is 9.93. The third-order valence-corrected chi connectivity index (χ3v) is 3.99. The Labute approximate surface area is 109 Å². The fourth-order valence-electron chi connectivity index (χ4n) is 1.56. The number of anilines is 1. The molecule has 0 radical (unpaired) electrons. The number of aromatic amines is 1. The predicted molar refractivity (Wildman–Crippen MR) is 68.3 cm³/mol. The molecule has 0 fully saturated rings. The Morgan fingerprint density at radius 1 is 1.42 bits per heavy atom. The van der Waals surface area contributed by atoms with Crippen molar-refractivity contribution in [2.24, 2.45) is 0 Å². The van der Waals surface area contributed by atoms with Gasteiger partial charge >= 0.3 is 0 Å². The summed E-state index contributed by atoms with van der Waals surface area (Å²) in [7, 11) is -3.82. The molecule has 4 N–H and O–H groups in total. The van der Waals surface area contributed by atoms with Crippen LogP contribution in [0.2, 0.25) is 0 Å². The SMILES string of the molecule is Nc1ccc(F)cc1S(=O)(=O)NCCc1ncc[nH]1. The number of nitrogens with zero attached hydrogens (tertiary/aromatic N) is 1. The number of imidazole rings is 1. The molecule has 0 bridgehead atoms. The highest BCUT2D eigenvalue weighted by atomic mass is 32.2. The van der Waals surface area contributed by atoms with Gasteiger partial charge in [0.05, 0.1) is 5.69 Å². The van der Waals surface area contributed by atoms with Crippen molar-refractivity contribution in [1.29, 1.82) is 0 Å². The van der Waals surface area contributed by atoms with E-state index in [1.54, 1.807) is 12.4 Å². The van der Waals surface area contributed by atoms with Crippen molar-refractivity contribution >= 4 is 15.7 Å². The maximum Gasteiger partial charge on any atom is 0.242 e. The smallest absolute Gasteiger partial charge is 0.242 e. The molecule has 6 nitrogen and oxygen atoms in total. The van der Waals surface area contributed by atoms with E-state index in [2.05, 4.69) is 14.7 Å². The van der Waals surface area contributed by atoms with Crippen LogP contribution in [0, 0.1) is 5.82 Å². The molecule has 0 spiro atoms. The van der Waals surface area contributed by atoms with Crippen LogP contribution < -0.4 is 10.5 Å². The summed E-state index contributed by atoms with van der Waals surface area (Å²) in [6.45, 7) is 0.145. The van der Waals surface area contributed by atoms with E-state index in [0.29, 0.717) is 12.2 Å². The second-order valence-corrected chi connectivity index (χ2v) is 5.60. The van der Waals surface area contributed by atoms with E-state index >= 15 is 0 Å². The van der Waals surface area contributed by atoms with Gasteiger partial charge in [-0.2, -0.15) is 0 Å². The van der Waals surface area contributed by atoms with Gasteiger partial charge in [-0.3, -0.25) is 0 Å². The van der Waals surface area contributed by atoms with Gasteiger partial charge in [0.15, 0.2) is 0 Å². The molecular weight excluding hydrogens is 271 g/mol. The second-order valence-electron chi connectivity index (χ2n) is 3.87. The van der Waals surface area contributed by atoms with Crippen molar-refractivity contribution in [2.75, 3.05) is 12.3 Å². The molecule has 2 aromatic rings. The lowest BCUT2D eigenvalue weighted by atomic mass is 10.3. The van der Waals surface area contributed by atoms with Gasteiger partial charge in [-0.05, 0) is 18.2 Å². The second kappa shape index (κ2) is 5.37. The van der Waals surface area contributed by atoms with Crippen molar-refractivity contribution in [2.45, 2.75) is 11.3 Å². The Balaban J connectivity index is 2.07. The number of sulfonamides is 1. The number of hydrogen-bond acceptors (Lipinski definition) is 4. The first-order valence-corrected chi connectivity index (χ1v) is 7.00. The lowest BCUT2D eigenvalue weighted by Gasteiger charge is -2.08. The number of benzene rings is 1. The van der Waals surface area contributed by atoms with E-state index in [-0.39, 0.29) is 17.1 Å². The highest BCUT2D eigenvalue weighted by Gasteiger charge is 2.17. The Morgan fingerprint density at radius 2 is 2.21 bits per heavy atom. The minimum Gasteiger partial charge on any atom is -0.398 e. The first-order valence-electron chi connectivity index (χ1n) is 5.52. The van der Waals surface area contributed by atoms with Crippen LogP contribution in [-0.4, -0.2) is 24.9 Å². The predicted octanol–water partition coefficient (Wildman–Crippen LogP) is 0.652. The Morgan fingerprint density at radius 3 is 2.89 bits per heavy atom. The highest BCUT2D eigenvalue weighted by molar-refractivity contribution is 7.89. The van der Waals surface area contributed by atoms with Crippen LogP contribution in [0.5, 0.6) is 0 Å². The van der Waals surface area contributed by atoms with E-state index in [4.69, 9.17) is 5.73 Å². The minimum atomic E-state index is -3.82. The lowest BCUT2D eigenvalue weighted by Crippen LogP contribution is -2.27. The van der Waals surface area contributed by atoms with E-state index in [9.17, 15) is 12.8 Å². The zero-order valence-corrected chi connectivity index (χ0v) is 10.7. The Bertz CT molecular complexity index is 655. The summed E-state index contributed by atoms with van der Waals surface area (Å²) in [6.07, 6.45) is 3.63. The number of H-pyrrole nitrogens is 1. The number of nitrogens with two attached hydrogens (primary N) is 1. The molecule has 2 rings (SSSR count). The first kappa shape index (κ1) is 13.5. The van der Waals surface area contributed by atoms with Gasteiger partial charge in [-0.15, -0.1) is 0 Å². The van der Waals surface area contributed by atoms with E-state index < -0.39 is 15.8 Å². The molecular formula is C11H13FN4O2S. The third-order valence-electron chi connectivity index (χ3n) is 2.47. The summed E-state index contributed by atoms with van der Waals surface area (Å²) in [5, 5.41) is 0. The van der Waals surface area contributed by atoms with Gasteiger partial charge < -0.3 is 10.7 Å². The van der Waals surface area contributed by atoms with Gasteiger partial charge in [-0.1, -0.05) is 0 Å². The van der Waals surface area contributed by atoms with Gasteiger partial charge in [0.1, 0.15) is 16.5 Å². The van der Waals surface area contributed by atoms with Crippen LogP contribution in [0.3, 0.4) is 0 Å². The summed E-state index contributed by atoms with van der Waals surface area (Å²) in [5.74, 6) is 0.00974. The average molecular weight is 284 g/mol. The lowest BCUT2D eigenvalue weighted by molar-refractivity contribution is 0.577. The van der Waals surface area contributed by atoms with Gasteiger partial charge in [0.2, 0.25) is 10.0 Å². The third kappa shape index (κ3) is 3.30. The molecule has 1 aromatic carbocycles. The van der Waals surface area contributed by atoms with Crippen LogP contribution in [0.4, 0.5) is 10.1 Å². The van der Waals surface area contributed by atoms with E-state index in [0.717, 1.165) is 12.1 Å². The zero-order chi connectivity index (χ0) is 13.9. The van der Waals surface area contributed by atoms with Crippen molar-refractivity contribution < 1.29 is 12.8 Å². The Kier molecular flexibility index (Phi) is 3.82. The quantitative estimate of drug-likeness (QED) is 0.702. The summed E-state index contributed by atoms with van der Waals surface area (Å²) >= 11 is 0. The fraction of sp³-hybridized carbons (Fsp3) is 0.182. The molecule has 0 aliphatic carbocycles. The van der Waals surface area contributed by atoms with Crippen molar-refractivity contribution in [1.82, 2.24) is 14.7 Å². The highest BCUT2D eigenvalue weighted by Crippen LogP contribution is 2.18. The molecule has 1 aromatic heterocycles. The largest absolute Gasteiger partial charge is 0.398 e. The monoisotopic (exact) mass is 284 g/mol. The Hall–Kier alpha value is -1.93. The number of hydrogen-bond donors (Lipinski definition) is 3. The standard InChI is InChI=1S/C11H13FN4O2S/c12-8-1-2-9(13)10(7-8)19(17,18)16-4-3-11-14-5-6-15-11/h1-2,5-7,16H,3-4,13H2,(H,14,15).